The third-order valence-electron chi connectivity index (χ3n) is 7.19. The number of rotatable bonds is 12. The second kappa shape index (κ2) is 13.5. The highest BCUT2D eigenvalue weighted by Gasteiger charge is 2.25. The monoisotopic (exact) mass is 595 g/mol. The molecule has 0 amide bonds. The molecule has 222 valence electrons. The van der Waals surface area contributed by atoms with E-state index in [4.69, 9.17) is 37.3 Å². The zero-order chi connectivity index (χ0) is 29.6. The molecule has 3 aromatic heterocycles. The van der Waals surface area contributed by atoms with Crippen molar-refractivity contribution >= 4 is 34.3 Å². The van der Waals surface area contributed by atoms with E-state index in [9.17, 15) is 4.39 Å². The van der Waals surface area contributed by atoms with Crippen molar-refractivity contribution in [1.29, 1.82) is 0 Å². The number of hydrogen-bond acceptors (Lipinski definition) is 8. The lowest BCUT2D eigenvalue weighted by molar-refractivity contribution is 0.0537. The molecule has 1 aliphatic carbocycles. The Labute approximate surface area is 248 Å². The maximum atomic E-state index is 13.9. The number of pyridine rings is 1. The van der Waals surface area contributed by atoms with Crippen LogP contribution in [0, 0.1) is 12.7 Å². The first-order valence-corrected chi connectivity index (χ1v) is 14.2. The molecule has 4 aromatic rings. The van der Waals surface area contributed by atoms with Gasteiger partial charge in [0.2, 0.25) is 5.88 Å². The Bertz CT molecular complexity index is 1580. The summed E-state index contributed by atoms with van der Waals surface area (Å²) in [6, 6.07) is 8.20. The minimum atomic E-state index is -0.454. The van der Waals surface area contributed by atoms with Crippen molar-refractivity contribution in [1.82, 2.24) is 14.6 Å². The van der Waals surface area contributed by atoms with Crippen molar-refractivity contribution in [2.24, 2.45) is 16.5 Å². The van der Waals surface area contributed by atoms with Crippen LogP contribution in [0.25, 0.3) is 16.6 Å². The van der Waals surface area contributed by atoms with Gasteiger partial charge in [-0.15, -0.1) is 0 Å². The number of halogens is 2. The number of anilines is 1. The van der Waals surface area contributed by atoms with Crippen molar-refractivity contribution in [3.63, 3.8) is 0 Å². The van der Waals surface area contributed by atoms with Gasteiger partial charge in [-0.3, -0.25) is 0 Å². The lowest BCUT2D eigenvalue weighted by Gasteiger charge is -2.18. The highest BCUT2D eigenvalue weighted by Crippen LogP contribution is 2.34. The van der Waals surface area contributed by atoms with Crippen LogP contribution in [0.15, 0.2) is 53.9 Å². The van der Waals surface area contributed by atoms with E-state index in [1.165, 1.54) is 18.2 Å². The average molecular weight is 596 g/mol. The molecule has 0 unspecified atom stereocenters. The van der Waals surface area contributed by atoms with Crippen molar-refractivity contribution < 1.29 is 18.6 Å². The molecule has 12 heteroatoms. The van der Waals surface area contributed by atoms with E-state index in [1.807, 2.05) is 25.3 Å². The first-order chi connectivity index (χ1) is 20.3. The molecule has 0 spiro atoms. The summed E-state index contributed by atoms with van der Waals surface area (Å²) >= 11 is 6.26. The Balaban J connectivity index is 1.46. The molecule has 5 rings (SSSR count). The summed E-state index contributed by atoms with van der Waals surface area (Å²) < 4.78 is 31.9. The zero-order valence-electron chi connectivity index (χ0n) is 23.6. The lowest BCUT2D eigenvalue weighted by atomic mass is 10.1. The van der Waals surface area contributed by atoms with E-state index in [2.05, 4.69) is 20.4 Å². The number of hydrogen-bond donors (Lipinski definition) is 3. The summed E-state index contributed by atoms with van der Waals surface area (Å²) in [4.78, 5) is 8.95. The third kappa shape index (κ3) is 6.99. The molecule has 0 radical (unpaired) electrons. The molecule has 5 N–H and O–H groups in total. The van der Waals surface area contributed by atoms with Crippen molar-refractivity contribution in [2.75, 3.05) is 38.9 Å². The number of ether oxygens (including phenoxy) is 3. The average Bonchev–Trinajstić information content (AvgIpc) is 3.58. The number of nitrogens with two attached hydrogens (primary N) is 2. The number of fused-ring (bicyclic) bond motifs is 1. The topological polar surface area (TPSA) is 134 Å². The maximum absolute atomic E-state index is 13.9. The summed E-state index contributed by atoms with van der Waals surface area (Å²) in [5, 5.41) is 8.55. The molecule has 0 aliphatic heterocycles. The van der Waals surface area contributed by atoms with Gasteiger partial charge in [0.15, 0.2) is 0 Å². The van der Waals surface area contributed by atoms with Crippen LogP contribution in [0.3, 0.4) is 0 Å². The molecule has 0 bridgehead atoms. The molecular formula is C30H35ClFN7O3. The van der Waals surface area contributed by atoms with Gasteiger partial charge in [-0.25, -0.2) is 18.9 Å². The fraction of sp³-hybridized carbons (Fsp3) is 0.367. The summed E-state index contributed by atoms with van der Waals surface area (Å²) in [5.74, 6) is 0.233. The summed E-state index contributed by atoms with van der Waals surface area (Å²) in [6.45, 7) is 3.91. The molecule has 1 aromatic carbocycles. The SMILES string of the molecule is COCCOCCOc1cc(C)c(-c2cc3c(N[C@H]4CC[C@@H](N)C4)c(C(N)=Nc4cc(F)ccc4Cl)cnn3c2)cn1. The van der Waals surface area contributed by atoms with Crippen molar-refractivity contribution in [3.05, 3.63) is 70.9 Å². The van der Waals surface area contributed by atoms with Crippen molar-refractivity contribution in [2.45, 2.75) is 38.3 Å². The molecule has 10 nitrogen and oxygen atoms in total. The number of amidine groups is 1. The molecule has 0 saturated heterocycles. The van der Waals surface area contributed by atoms with E-state index < -0.39 is 5.82 Å². The zero-order valence-corrected chi connectivity index (χ0v) is 24.4. The van der Waals surface area contributed by atoms with E-state index in [-0.39, 0.29) is 23.6 Å². The van der Waals surface area contributed by atoms with Crippen molar-refractivity contribution in [3.8, 4) is 17.0 Å². The van der Waals surface area contributed by atoms with Gasteiger partial charge in [-0.1, -0.05) is 11.6 Å². The smallest absolute Gasteiger partial charge is 0.213 e. The molecule has 42 heavy (non-hydrogen) atoms. The molecule has 1 saturated carbocycles. The second-order valence-electron chi connectivity index (χ2n) is 10.3. The van der Waals surface area contributed by atoms with E-state index >= 15 is 0 Å². The van der Waals surface area contributed by atoms with E-state index in [0.717, 1.165) is 47.2 Å². The number of benzene rings is 1. The highest BCUT2D eigenvalue weighted by molar-refractivity contribution is 6.33. The van der Waals surface area contributed by atoms with Crippen LogP contribution >= 0.6 is 11.6 Å². The highest BCUT2D eigenvalue weighted by atomic mass is 35.5. The molecule has 1 aliphatic rings. The molecular weight excluding hydrogens is 561 g/mol. The van der Waals surface area contributed by atoms with E-state index in [0.29, 0.717) is 42.9 Å². The normalized spacial score (nSPS) is 17.2. The van der Waals surface area contributed by atoms with Crippen LogP contribution in [0.4, 0.5) is 15.8 Å². The van der Waals surface area contributed by atoms with Gasteiger partial charge in [0.25, 0.3) is 0 Å². The predicted molar refractivity (Wildman–Crippen MR) is 162 cm³/mol. The fourth-order valence-electron chi connectivity index (χ4n) is 5.02. The predicted octanol–water partition coefficient (Wildman–Crippen LogP) is 4.87. The van der Waals surface area contributed by atoms with Crippen LogP contribution in [-0.4, -0.2) is 66.1 Å². The summed E-state index contributed by atoms with van der Waals surface area (Å²) in [7, 11) is 1.63. The fourth-order valence-corrected chi connectivity index (χ4v) is 5.18. The number of methoxy groups -OCH3 is 1. The second-order valence-corrected chi connectivity index (χ2v) is 10.7. The van der Waals surface area contributed by atoms with Gasteiger partial charge >= 0.3 is 0 Å². The Morgan fingerprint density at radius 1 is 1.17 bits per heavy atom. The number of aryl methyl sites for hydroxylation is 1. The van der Waals surface area contributed by atoms with Gasteiger partial charge in [-0.2, -0.15) is 5.10 Å². The Hall–Kier alpha value is -3.77. The van der Waals surface area contributed by atoms with Crippen LogP contribution in [0.2, 0.25) is 5.02 Å². The standard InChI is InChI=1S/C30H35ClFN7O3/c1-18-11-28(42-10-9-41-8-7-40-2)35-15-23(18)19-12-27-29(37-22-5-4-21(33)14-22)24(16-36-39(27)17-19)30(34)38-26-13-20(32)3-6-25(26)31/h3,6,11-13,15-17,21-22,37H,4-5,7-10,14,33H2,1-2H3,(H2,34,38)/t21-,22+/m1/s1. The molecule has 2 atom stereocenters. The minimum absolute atomic E-state index is 0.134. The Morgan fingerprint density at radius 2 is 2.00 bits per heavy atom. The first kappa shape index (κ1) is 29.7. The summed E-state index contributed by atoms with van der Waals surface area (Å²) in [6.07, 6.45) is 8.07. The van der Waals surface area contributed by atoms with E-state index in [1.54, 1.807) is 24.0 Å². The largest absolute Gasteiger partial charge is 0.475 e. The van der Waals surface area contributed by atoms with Gasteiger partial charge in [0.05, 0.1) is 53.5 Å². The number of aliphatic imine (C=N–C) groups is 1. The first-order valence-electron chi connectivity index (χ1n) is 13.8. The minimum Gasteiger partial charge on any atom is -0.475 e. The molecule has 1 fully saturated rings. The maximum Gasteiger partial charge on any atom is 0.213 e. The van der Waals surface area contributed by atoms with Crippen LogP contribution in [-0.2, 0) is 9.47 Å². The number of nitrogens with zero attached hydrogens (tertiary/aromatic N) is 4. The van der Waals surface area contributed by atoms with Gasteiger partial charge in [0, 0.05) is 54.8 Å². The number of nitrogens with one attached hydrogen (secondary N) is 1. The number of aromatic nitrogens is 3. The van der Waals surface area contributed by atoms with Gasteiger partial charge in [0.1, 0.15) is 18.3 Å². The van der Waals surface area contributed by atoms with Gasteiger partial charge < -0.3 is 31.0 Å². The Morgan fingerprint density at radius 3 is 2.76 bits per heavy atom. The lowest BCUT2D eigenvalue weighted by Crippen LogP contribution is -2.24. The quantitative estimate of drug-likeness (QED) is 0.120. The Kier molecular flexibility index (Phi) is 9.53. The molecule has 3 heterocycles. The van der Waals surface area contributed by atoms with Crippen LogP contribution < -0.4 is 21.5 Å². The van der Waals surface area contributed by atoms with Gasteiger partial charge in [-0.05, 0) is 49.9 Å². The third-order valence-corrected chi connectivity index (χ3v) is 7.51. The summed E-state index contributed by atoms with van der Waals surface area (Å²) in [5.41, 5.74) is 17.9. The van der Waals surface area contributed by atoms with Crippen LogP contribution in [0.5, 0.6) is 5.88 Å². The van der Waals surface area contributed by atoms with Crippen LogP contribution in [0.1, 0.15) is 30.4 Å².